The molecule has 0 heterocycles. The van der Waals surface area contributed by atoms with E-state index in [2.05, 4.69) is 40.2 Å². The van der Waals surface area contributed by atoms with Crippen LogP contribution in [0, 0.1) is 5.41 Å². The van der Waals surface area contributed by atoms with Crippen molar-refractivity contribution in [2.45, 2.75) is 91.1 Å². The summed E-state index contributed by atoms with van der Waals surface area (Å²) >= 11 is 3.50. The lowest BCUT2D eigenvalue weighted by Gasteiger charge is -2.52. The highest BCUT2D eigenvalue weighted by Gasteiger charge is 2.51. The van der Waals surface area contributed by atoms with Gasteiger partial charge < -0.3 is 15.4 Å². The number of hydrogen-bond acceptors (Lipinski definition) is 4. The van der Waals surface area contributed by atoms with Gasteiger partial charge in [0.05, 0.1) is 0 Å². The van der Waals surface area contributed by atoms with Gasteiger partial charge in [-0.3, -0.25) is 9.59 Å². The Morgan fingerprint density at radius 2 is 1.45 bits per heavy atom. The van der Waals surface area contributed by atoms with Crippen molar-refractivity contribution in [1.82, 2.24) is 4.90 Å². The molecule has 0 unspecified atom stereocenters. The van der Waals surface area contributed by atoms with Gasteiger partial charge in [0.2, 0.25) is 5.91 Å². The molecule has 33 heavy (non-hydrogen) atoms. The van der Waals surface area contributed by atoms with Gasteiger partial charge >= 0.3 is 6.09 Å². The van der Waals surface area contributed by atoms with Crippen LogP contribution in [0.3, 0.4) is 0 Å². The Morgan fingerprint density at radius 1 is 1.00 bits per heavy atom. The van der Waals surface area contributed by atoms with Crippen LogP contribution >= 0.6 is 15.9 Å². The van der Waals surface area contributed by atoms with Crippen molar-refractivity contribution < 1.29 is 19.1 Å². The van der Waals surface area contributed by atoms with E-state index < -0.39 is 17.6 Å². The molecule has 4 rings (SSSR count). The zero-order valence-corrected chi connectivity index (χ0v) is 22.9. The highest BCUT2D eigenvalue weighted by molar-refractivity contribution is 9.10. The highest BCUT2D eigenvalue weighted by atomic mass is 79.9. The van der Waals surface area contributed by atoms with E-state index in [1.54, 1.807) is 27.7 Å². The number of amides is 2. The summed E-state index contributed by atoms with van der Waals surface area (Å²) in [6, 6.07) is 8.81. The SMILES string of the molecule is CC.CC(=O)C12CCC(c3ccc(Br)cc3)(CC1)CC2.CN(CC(N)=O)C(=O)OC(C)(C)C. The number of nitrogens with zero attached hydrogens (tertiary/aromatic N) is 1. The molecule has 1 aromatic carbocycles. The van der Waals surface area contributed by atoms with Crippen LogP contribution in [-0.4, -0.2) is 41.9 Å². The molecule has 2 N–H and O–H groups in total. The summed E-state index contributed by atoms with van der Waals surface area (Å²) in [5, 5.41) is 0. The Balaban J connectivity index is 0.000000324. The third-order valence-electron chi connectivity index (χ3n) is 6.55. The summed E-state index contributed by atoms with van der Waals surface area (Å²) in [7, 11) is 1.46. The van der Waals surface area contributed by atoms with Gasteiger partial charge in [-0.15, -0.1) is 0 Å². The summed E-state index contributed by atoms with van der Waals surface area (Å²) < 4.78 is 6.13. The average molecular weight is 526 g/mol. The first-order chi connectivity index (χ1) is 15.3. The number of rotatable bonds is 4. The van der Waals surface area contributed by atoms with E-state index in [0.717, 1.165) is 28.6 Å². The molecular formula is C26H41BrN2O4. The maximum atomic E-state index is 11.9. The first-order valence-corrected chi connectivity index (χ1v) is 12.6. The molecule has 0 aromatic heterocycles. The minimum atomic E-state index is -0.562. The van der Waals surface area contributed by atoms with E-state index in [1.165, 1.54) is 31.9 Å². The Bertz CT molecular complexity index is 790. The van der Waals surface area contributed by atoms with Crippen LogP contribution in [0.15, 0.2) is 28.7 Å². The second kappa shape index (κ2) is 12.0. The van der Waals surface area contributed by atoms with E-state index in [0.29, 0.717) is 11.2 Å². The Labute approximate surface area is 207 Å². The van der Waals surface area contributed by atoms with Crippen molar-refractivity contribution in [3.05, 3.63) is 34.3 Å². The van der Waals surface area contributed by atoms with Crippen LogP contribution in [0.4, 0.5) is 4.79 Å². The van der Waals surface area contributed by atoms with Crippen molar-refractivity contribution in [1.29, 1.82) is 0 Å². The van der Waals surface area contributed by atoms with Gasteiger partial charge in [0.25, 0.3) is 0 Å². The van der Waals surface area contributed by atoms with E-state index in [-0.39, 0.29) is 12.0 Å². The smallest absolute Gasteiger partial charge is 0.410 e. The number of ether oxygens (including phenoxy) is 1. The molecule has 0 aliphatic heterocycles. The van der Waals surface area contributed by atoms with Crippen molar-refractivity contribution in [3.63, 3.8) is 0 Å². The van der Waals surface area contributed by atoms with Crippen LogP contribution in [0.5, 0.6) is 0 Å². The molecule has 3 aliphatic rings. The minimum absolute atomic E-state index is 0.0388. The number of likely N-dealkylation sites (N-methyl/N-ethyl adjacent to an activating group) is 1. The number of fused-ring (bicyclic) bond motifs is 3. The molecule has 3 fully saturated rings. The van der Waals surface area contributed by atoms with Crippen molar-refractivity contribution in [2.75, 3.05) is 13.6 Å². The van der Waals surface area contributed by atoms with Crippen molar-refractivity contribution in [2.24, 2.45) is 11.1 Å². The fraction of sp³-hybridized carbons (Fsp3) is 0.654. The topological polar surface area (TPSA) is 89.7 Å². The number of hydrogen-bond donors (Lipinski definition) is 1. The Kier molecular flexibility index (Phi) is 10.6. The fourth-order valence-electron chi connectivity index (χ4n) is 4.59. The van der Waals surface area contributed by atoms with Crippen molar-refractivity contribution in [3.8, 4) is 0 Å². The second-order valence-corrected chi connectivity index (χ2v) is 10.8. The lowest BCUT2D eigenvalue weighted by Crippen LogP contribution is -2.47. The second-order valence-electron chi connectivity index (χ2n) is 9.93. The maximum absolute atomic E-state index is 11.9. The highest BCUT2D eigenvalue weighted by Crippen LogP contribution is 2.58. The molecule has 6 nitrogen and oxygen atoms in total. The fourth-order valence-corrected chi connectivity index (χ4v) is 4.85. The molecule has 0 spiro atoms. The number of Topliss-reactive ketones (excluding diaryl/α,β-unsaturated/α-hetero) is 1. The number of primary amides is 1. The number of ketones is 1. The van der Waals surface area contributed by atoms with Gasteiger partial charge in [-0.2, -0.15) is 0 Å². The van der Waals surface area contributed by atoms with Gasteiger partial charge in [0.15, 0.2) is 0 Å². The number of carbonyl (C=O) groups is 3. The van der Waals surface area contributed by atoms with Crippen LogP contribution in [-0.2, 0) is 19.7 Å². The Hall–Kier alpha value is -1.89. The van der Waals surface area contributed by atoms with E-state index in [9.17, 15) is 14.4 Å². The third kappa shape index (κ3) is 8.13. The lowest BCUT2D eigenvalue weighted by atomic mass is 9.51. The van der Waals surface area contributed by atoms with Gasteiger partial charge in [-0.25, -0.2) is 4.79 Å². The first kappa shape index (κ1) is 29.1. The molecule has 2 amide bonds. The molecule has 7 heteroatoms. The molecule has 3 aliphatic carbocycles. The summed E-state index contributed by atoms with van der Waals surface area (Å²) in [6.45, 7) is 10.9. The normalized spacial score (nSPS) is 23.3. The van der Waals surface area contributed by atoms with Crippen LogP contribution in [0.1, 0.15) is 85.6 Å². The van der Waals surface area contributed by atoms with Gasteiger partial charge in [0, 0.05) is 16.9 Å². The zero-order valence-electron chi connectivity index (χ0n) is 21.3. The minimum Gasteiger partial charge on any atom is -0.444 e. The molecule has 2 bridgehead atoms. The summed E-state index contributed by atoms with van der Waals surface area (Å²) in [5.41, 5.74) is 6.23. The molecule has 0 saturated heterocycles. The van der Waals surface area contributed by atoms with Gasteiger partial charge in [-0.05, 0) is 89.3 Å². The molecule has 3 saturated carbocycles. The van der Waals surface area contributed by atoms with Gasteiger partial charge in [0.1, 0.15) is 17.9 Å². The summed E-state index contributed by atoms with van der Waals surface area (Å²) in [4.78, 5) is 34.6. The number of benzene rings is 1. The van der Waals surface area contributed by atoms with Crippen molar-refractivity contribution >= 4 is 33.7 Å². The lowest BCUT2D eigenvalue weighted by molar-refractivity contribution is -0.133. The van der Waals surface area contributed by atoms with Crippen LogP contribution in [0.25, 0.3) is 0 Å². The molecular weight excluding hydrogens is 484 g/mol. The first-order valence-electron chi connectivity index (χ1n) is 11.8. The molecule has 1 aromatic rings. The molecule has 0 atom stereocenters. The van der Waals surface area contributed by atoms with E-state index in [4.69, 9.17) is 10.5 Å². The largest absolute Gasteiger partial charge is 0.444 e. The van der Waals surface area contributed by atoms with Crippen LogP contribution in [0.2, 0.25) is 0 Å². The zero-order chi connectivity index (χ0) is 25.4. The number of halogens is 1. The maximum Gasteiger partial charge on any atom is 0.410 e. The standard InChI is InChI=1S/C16H19BrO.C8H16N2O3.C2H6/c1-12(18)15-6-9-16(10-7-15,11-8-15)13-2-4-14(17)5-3-13;1-8(2,3)13-7(12)10(4)5-6(9)11;1-2/h2-5H,6-11H2,1H3;5H2,1-4H3,(H2,9,11);1-2H3. The number of nitrogens with two attached hydrogens (primary N) is 1. The Morgan fingerprint density at radius 3 is 1.82 bits per heavy atom. The molecule has 186 valence electrons. The van der Waals surface area contributed by atoms with E-state index in [1.807, 2.05) is 13.8 Å². The monoisotopic (exact) mass is 524 g/mol. The summed E-state index contributed by atoms with van der Waals surface area (Å²) in [5.74, 6) is -0.139. The average Bonchev–Trinajstić information content (AvgIpc) is 2.75. The van der Waals surface area contributed by atoms with Crippen LogP contribution < -0.4 is 5.73 Å². The van der Waals surface area contributed by atoms with E-state index >= 15 is 0 Å². The molecule has 0 radical (unpaired) electrons. The quantitative estimate of drug-likeness (QED) is 0.523. The predicted molar refractivity (Wildman–Crippen MR) is 136 cm³/mol. The number of carbonyl (C=O) groups excluding carboxylic acids is 3. The van der Waals surface area contributed by atoms with Gasteiger partial charge in [-0.1, -0.05) is 41.9 Å². The summed E-state index contributed by atoms with van der Waals surface area (Å²) in [6.07, 6.45) is 6.30. The predicted octanol–water partition coefficient (Wildman–Crippen LogP) is 5.99. The third-order valence-corrected chi connectivity index (χ3v) is 7.08.